The minimum Gasteiger partial charge on any atom is -0.492 e. The molecule has 0 radical (unpaired) electrons. The fourth-order valence-electron chi connectivity index (χ4n) is 4.07. The van der Waals surface area contributed by atoms with Crippen LogP contribution in [0.5, 0.6) is 28.7 Å². The molecule has 7 nitrogen and oxygen atoms in total. The number of hydrogen-bond donors (Lipinski definition) is 1. The first kappa shape index (κ1) is 26.6. The number of methoxy groups -OCH3 is 3. The number of halogens is 1. The lowest BCUT2D eigenvalue weighted by atomic mass is 10.0. The Kier molecular flexibility index (Phi) is 10.1. The number of likely N-dealkylation sites (tertiary alicyclic amines) is 1. The maximum Gasteiger partial charge on any atom is 0.257 e. The molecule has 2 N–H and O–H groups in total. The van der Waals surface area contributed by atoms with Crippen LogP contribution in [0.15, 0.2) is 30.3 Å². The highest BCUT2D eigenvalue weighted by molar-refractivity contribution is 5.99. The molecule has 0 bridgehead atoms. The summed E-state index contributed by atoms with van der Waals surface area (Å²) in [6.07, 6.45) is 3.90. The first-order chi connectivity index (χ1) is 15.5. The van der Waals surface area contributed by atoms with Gasteiger partial charge in [-0.2, -0.15) is 0 Å². The predicted molar refractivity (Wildman–Crippen MR) is 132 cm³/mol. The van der Waals surface area contributed by atoms with Crippen LogP contribution < -0.4 is 24.7 Å². The summed E-state index contributed by atoms with van der Waals surface area (Å²) in [5.41, 5.74) is 7.16. The monoisotopic (exact) mass is 478 g/mol. The summed E-state index contributed by atoms with van der Waals surface area (Å²) < 4.78 is 22.9. The van der Waals surface area contributed by atoms with Crippen molar-refractivity contribution in [1.82, 2.24) is 4.90 Å². The van der Waals surface area contributed by atoms with Gasteiger partial charge in [0.15, 0.2) is 11.5 Å². The molecule has 2 aromatic carbocycles. The molecule has 1 unspecified atom stereocenters. The highest BCUT2D eigenvalue weighted by atomic mass is 35.5. The highest BCUT2D eigenvalue weighted by Crippen LogP contribution is 2.48. The molecule has 3 rings (SSSR count). The minimum atomic E-state index is -0.0972. The van der Waals surface area contributed by atoms with E-state index in [0.29, 0.717) is 46.8 Å². The van der Waals surface area contributed by atoms with Crippen molar-refractivity contribution in [3.8, 4) is 28.7 Å². The molecule has 33 heavy (non-hydrogen) atoms. The SMILES string of the molecule is COc1c(Oc2ccc(CCN)cc2)cc(C(=O)N2CCCC(C)CC2)c(OC)c1OC.Cl. The lowest BCUT2D eigenvalue weighted by Gasteiger charge is -2.24. The molecule has 8 heteroatoms. The summed E-state index contributed by atoms with van der Waals surface area (Å²) in [6.45, 7) is 4.26. The van der Waals surface area contributed by atoms with Gasteiger partial charge in [-0.1, -0.05) is 19.1 Å². The van der Waals surface area contributed by atoms with Crippen molar-refractivity contribution in [1.29, 1.82) is 0 Å². The largest absolute Gasteiger partial charge is 0.492 e. The van der Waals surface area contributed by atoms with Gasteiger partial charge >= 0.3 is 0 Å². The summed E-state index contributed by atoms with van der Waals surface area (Å²) >= 11 is 0. The summed E-state index contributed by atoms with van der Waals surface area (Å²) in [5, 5.41) is 0. The van der Waals surface area contributed by atoms with Gasteiger partial charge in [0, 0.05) is 19.2 Å². The third-order valence-corrected chi connectivity index (χ3v) is 5.89. The summed E-state index contributed by atoms with van der Waals surface area (Å²) in [4.78, 5) is 15.4. The molecule has 0 aliphatic carbocycles. The Balaban J connectivity index is 0.00000385. The van der Waals surface area contributed by atoms with Gasteiger partial charge < -0.3 is 29.6 Å². The second kappa shape index (κ2) is 12.6. The van der Waals surface area contributed by atoms with E-state index in [1.165, 1.54) is 21.3 Å². The highest BCUT2D eigenvalue weighted by Gasteiger charge is 2.29. The summed E-state index contributed by atoms with van der Waals surface area (Å²) in [6, 6.07) is 9.38. The van der Waals surface area contributed by atoms with E-state index in [9.17, 15) is 4.79 Å². The molecular weight excluding hydrogens is 444 g/mol. The van der Waals surface area contributed by atoms with Crippen LogP contribution in [-0.4, -0.2) is 51.8 Å². The van der Waals surface area contributed by atoms with Crippen molar-refractivity contribution in [2.75, 3.05) is 41.0 Å². The van der Waals surface area contributed by atoms with E-state index in [1.54, 1.807) is 6.07 Å². The number of carbonyl (C=O) groups is 1. The van der Waals surface area contributed by atoms with Gasteiger partial charge in [-0.05, 0) is 55.8 Å². The van der Waals surface area contributed by atoms with Crippen molar-refractivity contribution in [2.24, 2.45) is 11.7 Å². The van der Waals surface area contributed by atoms with Crippen LogP contribution in [0.25, 0.3) is 0 Å². The van der Waals surface area contributed by atoms with Crippen LogP contribution in [0, 0.1) is 5.92 Å². The first-order valence-corrected chi connectivity index (χ1v) is 11.1. The molecule has 0 saturated carbocycles. The van der Waals surface area contributed by atoms with E-state index in [2.05, 4.69) is 6.92 Å². The predicted octanol–water partition coefficient (Wildman–Crippen LogP) is 4.69. The van der Waals surface area contributed by atoms with Crippen molar-refractivity contribution in [3.63, 3.8) is 0 Å². The third kappa shape index (κ3) is 6.24. The Morgan fingerprint density at radius 1 is 1.00 bits per heavy atom. The van der Waals surface area contributed by atoms with E-state index in [0.717, 1.165) is 44.3 Å². The number of carbonyl (C=O) groups excluding carboxylic acids is 1. The summed E-state index contributed by atoms with van der Waals surface area (Å²) in [5.74, 6) is 2.58. The van der Waals surface area contributed by atoms with Gasteiger partial charge in [0.2, 0.25) is 11.5 Å². The third-order valence-electron chi connectivity index (χ3n) is 5.89. The van der Waals surface area contributed by atoms with E-state index in [4.69, 9.17) is 24.7 Å². The lowest BCUT2D eigenvalue weighted by Crippen LogP contribution is -2.32. The number of benzene rings is 2. The van der Waals surface area contributed by atoms with E-state index >= 15 is 0 Å². The number of ether oxygens (including phenoxy) is 4. The van der Waals surface area contributed by atoms with Crippen molar-refractivity contribution in [2.45, 2.75) is 32.6 Å². The maximum absolute atomic E-state index is 13.5. The molecule has 1 saturated heterocycles. The number of hydrogen-bond acceptors (Lipinski definition) is 6. The van der Waals surface area contributed by atoms with Crippen molar-refractivity contribution in [3.05, 3.63) is 41.5 Å². The normalized spacial score (nSPS) is 15.8. The second-order valence-electron chi connectivity index (χ2n) is 8.13. The number of amides is 1. The van der Waals surface area contributed by atoms with Crippen LogP contribution >= 0.6 is 12.4 Å². The number of nitrogens with zero attached hydrogens (tertiary/aromatic N) is 1. The lowest BCUT2D eigenvalue weighted by molar-refractivity contribution is 0.0755. The topological polar surface area (TPSA) is 83.3 Å². The second-order valence-corrected chi connectivity index (χ2v) is 8.13. The quantitative estimate of drug-likeness (QED) is 0.592. The van der Waals surface area contributed by atoms with Crippen LogP contribution in [-0.2, 0) is 6.42 Å². The Morgan fingerprint density at radius 3 is 2.27 bits per heavy atom. The molecular formula is C25H35ClN2O5. The van der Waals surface area contributed by atoms with Crippen LogP contribution in [0.2, 0.25) is 0 Å². The van der Waals surface area contributed by atoms with Crippen LogP contribution in [0.3, 0.4) is 0 Å². The standard InChI is InChI=1S/C25H34N2O5.ClH/c1-17-6-5-14-27(15-12-17)25(28)20-16-21(23(30-3)24(31-4)22(20)29-2)32-19-9-7-18(8-10-19)11-13-26;/h7-10,16-17H,5-6,11-15,26H2,1-4H3;1H. The Labute approximate surface area is 202 Å². The van der Waals surface area contributed by atoms with Gasteiger partial charge in [-0.15, -0.1) is 12.4 Å². The molecule has 1 aliphatic heterocycles. The first-order valence-electron chi connectivity index (χ1n) is 11.1. The minimum absolute atomic E-state index is 0. The molecule has 182 valence electrons. The molecule has 1 fully saturated rings. The van der Waals surface area contributed by atoms with Gasteiger partial charge in [-0.3, -0.25) is 4.79 Å². The average Bonchev–Trinajstić information content (AvgIpc) is 3.03. The zero-order valence-corrected chi connectivity index (χ0v) is 20.7. The van der Waals surface area contributed by atoms with Gasteiger partial charge in [0.1, 0.15) is 5.75 Å². The number of rotatable bonds is 8. The molecule has 1 amide bonds. The Hall–Kier alpha value is -2.64. The van der Waals surface area contributed by atoms with Gasteiger partial charge in [0.25, 0.3) is 5.91 Å². The van der Waals surface area contributed by atoms with Crippen LogP contribution in [0.4, 0.5) is 0 Å². The van der Waals surface area contributed by atoms with Crippen LogP contribution in [0.1, 0.15) is 42.1 Å². The molecule has 2 aromatic rings. The molecule has 1 atom stereocenters. The van der Waals surface area contributed by atoms with Gasteiger partial charge in [0.05, 0.1) is 26.9 Å². The van der Waals surface area contributed by atoms with Crippen molar-refractivity contribution < 1.29 is 23.7 Å². The van der Waals surface area contributed by atoms with E-state index in [-0.39, 0.29) is 18.3 Å². The van der Waals surface area contributed by atoms with Gasteiger partial charge in [-0.25, -0.2) is 0 Å². The Bertz CT molecular complexity index is 920. The average molecular weight is 479 g/mol. The molecule has 1 heterocycles. The zero-order valence-electron chi connectivity index (χ0n) is 19.9. The summed E-state index contributed by atoms with van der Waals surface area (Å²) in [7, 11) is 4.58. The molecule has 0 aromatic heterocycles. The fourth-order valence-corrected chi connectivity index (χ4v) is 4.07. The smallest absolute Gasteiger partial charge is 0.257 e. The maximum atomic E-state index is 13.5. The Morgan fingerprint density at radius 2 is 1.67 bits per heavy atom. The number of nitrogens with two attached hydrogens (primary N) is 1. The molecule has 0 spiro atoms. The molecule has 1 aliphatic rings. The van der Waals surface area contributed by atoms with E-state index in [1.807, 2.05) is 29.2 Å². The fraction of sp³-hybridized carbons (Fsp3) is 0.480. The van der Waals surface area contributed by atoms with E-state index < -0.39 is 0 Å². The van der Waals surface area contributed by atoms with Crippen molar-refractivity contribution >= 4 is 18.3 Å². The zero-order chi connectivity index (χ0) is 23.1.